The number of rotatable bonds is 3. The fourth-order valence-corrected chi connectivity index (χ4v) is 4.50. The molecule has 0 radical (unpaired) electrons. The van der Waals surface area contributed by atoms with E-state index in [1.54, 1.807) is 7.11 Å². The van der Waals surface area contributed by atoms with Gasteiger partial charge in [0.25, 0.3) is 0 Å². The molecule has 0 unspecified atom stereocenters. The topological polar surface area (TPSA) is 27.1 Å². The zero-order chi connectivity index (χ0) is 20.8. The Balaban J connectivity index is 1.89. The molecule has 0 saturated heterocycles. The molecule has 0 fully saturated rings. The van der Waals surface area contributed by atoms with Crippen LogP contribution in [0, 0.1) is 0 Å². The normalized spacial score (nSPS) is 11.4. The van der Waals surface area contributed by atoms with Gasteiger partial charge in [-0.05, 0) is 30.3 Å². The van der Waals surface area contributed by atoms with Crippen molar-refractivity contribution in [1.82, 2.24) is 9.55 Å². The fourth-order valence-electron chi connectivity index (χ4n) is 4.50. The van der Waals surface area contributed by atoms with Gasteiger partial charge in [0.05, 0.1) is 29.4 Å². The summed E-state index contributed by atoms with van der Waals surface area (Å²) in [5.41, 5.74) is 6.41. The number of para-hydroxylation sites is 2. The van der Waals surface area contributed by atoms with E-state index < -0.39 is 0 Å². The minimum absolute atomic E-state index is 0.810. The van der Waals surface area contributed by atoms with Crippen molar-refractivity contribution in [3.63, 3.8) is 0 Å². The summed E-state index contributed by atoms with van der Waals surface area (Å²) >= 11 is 0. The van der Waals surface area contributed by atoms with Crippen LogP contribution < -0.4 is 4.74 Å². The zero-order valence-electron chi connectivity index (χ0n) is 17.1. The van der Waals surface area contributed by atoms with Gasteiger partial charge in [-0.15, -0.1) is 0 Å². The maximum absolute atomic E-state index is 5.50. The Morgan fingerprint density at radius 1 is 0.710 bits per heavy atom. The second-order valence-corrected chi connectivity index (χ2v) is 7.62. The summed E-state index contributed by atoms with van der Waals surface area (Å²) < 4.78 is 7.83. The largest absolute Gasteiger partial charge is 0.497 e. The number of hydrogen-bond donors (Lipinski definition) is 0. The highest BCUT2D eigenvalue weighted by Crippen LogP contribution is 2.41. The number of hydrogen-bond acceptors (Lipinski definition) is 2. The molecule has 2 heterocycles. The van der Waals surface area contributed by atoms with Gasteiger partial charge in [0.2, 0.25) is 0 Å². The summed E-state index contributed by atoms with van der Waals surface area (Å²) in [6.07, 6.45) is 0. The van der Waals surface area contributed by atoms with E-state index in [0.29, 0.717) is 0 Å². The highest BCUT2D eigenvalue weighted by molar-refractivity contribution is 6.23. The molecule has 0 saturated carbocycles. The first-order chi connectivity index (χ1) is 15.3. The summed E-state index contributed by atoms with van der Waals surface area (Å²) in [4.78, 5) is 5.16. The van der Waals surface area contributed by atoms with Crippen LogP contribution in [0.25, 0.3) is 49.7 Å². The van der Waals surface area contributed by atoms with Gasteiger partial charge < -0.3 is 9.30 Å². The van der Waals surface area contributed by atoms with Crippen LogP contribution in [0.1, 0.15) is 0 Å². The molecule has 4 aromatic carbocycles. The third-order valence-corrected chi connectivity index (χ3v) is 5.87. The summed E-state index contributed by atoms with van der Waals surface area (Å²) in [5, 5.41) is 3.56. The number of benzene rings is 4. The molecule has 31 heavy (non-hydrogen) atoms. The van der Waals surface area contributed by atoms with Crippen molar-refractivity contribution in [2.24, 2.45) is 0 Å². The molecule has 0 aliphatic carbocycles. The minimum Gasteiger partial charge on any atom is -0.497 e. The van der Waals surface area contributed by atoms with E-state index in [4.69, 9.17) is 9.72 Å². The highest BCUT2D eigenvalue weighted by atomic mass is 16.5. The first-order valence-corrected chi connectivity index (χ1v) is 10.4. The fraction of sp³-hybridized carbons (Fsp3) is 0.0357. The predicted octanol–water partition coefficient (Wildman–Crippen LogP) is 7.01. The summed E-state index contributed by atoms with van der Waals surface area (Å²) in [6, 6.07) is 35.7. The molecule has 3 nitrogen and oxygen atoms in total. The molecular formula is C28H20N2O. The van der Waals surface area contributed by atoms with Crippen molar-refractivity contribution in [2.75, 3.05) is 7.11 Å². The average Bonchev–Trinajstić information content (AvgIpc) is 3.19. The first-order valence-electron chi connectivity index (χ1n) is 10.4. The highest BCUT2D eigenvalue weighted by Gasteiger charge is 2.20. The van der Waals surface area contributed by atoms with Crippen LogP contribution in [0.4, 0.5) is 0 Å². The predicted molar refractivity (Wildman–Crippen MR) is 128 cm³/mol. The summed E-state index contributed by atoms with van der Waals surface area (Å²) in [7, 11) is 1.69. The van der Waals surface area contributed by atoms with E-state index in [9.17, 15) is 0 Å². The molecule has 0 N–H and O–H groups in total. The van der Waals surface area contributed by atoms with Crippen LogP contribution in [0.15, 0.2) is 103 Å². The van der Waals surface area contributed by atoms with E-state index >= 15 is 0 Å². The third-order valence-electron chi connectivity index (χ3n) is 5.87. The van der Waals surface area contributed by atoms with Crippen LogP contribution >= 0.6 is 0 Å². The third kappa shape index (κ3) is 2.71. The smallest absolute Gasteiger partial charge is 0.121 e. The van der Waals surface area contributed by atoms with E-state index in [1.807, 2.05) is 18.2 Å². The van der Waals surface area contributed by atoms with Crippen molar-refractivity contribution in [1.29, 1.82) is 0 Å². The molecule has 0 spiro atoms. The average molecular weight is 400 g/mol. The van der Waals surface area contributed by atoms with Crippen molar-refractivity contribution >= 4 is 32.7 Å². The lowest BCUT2D eigenvalue weighted by Gasteiger charge is -2.13. The van der Waals surface area contributed by atoms with Gasteiger partial charge in [-0.2, -0.15) is 0 Å². The second kappa shape index (κ2) is 6.99. The molecule has 0 atom stereocenters. The van der Waals surface area contributed by atoms with E-state index in [1.165, 1.54) is 16.3 Å². The maximum atomic E-state index is 5.50. The van der Waals surface area contributed by atoms with Gasteiger partial charge in [0, 0.05) is 33.5 Å². The standard InChI is InChI=1S/C28H20N2O/c1-31-21-16-17-22-24(18-21)29-27(19-10-4-2-5-11-19)28-26(22)23-14-8-9-15-25(23)30(28)20-12-6-3-7-13-20/h2-18H,1H3. The van der Waals surface area contributed by atoms with Gasteiger partial charge in [-0.25, -0.2) is 4.98 Å². The number of methoxy groups -OCH3 is 1. The van der Waals surface area contributed by atoms with Gasteiger partial charge >= 0.3 is 0 Å². The van der Waals surface area contributed by atoms with Crippen LogP contribution in [0.3, 0.4) is 0 Å². The Morgan fingerprint density at radius 3 is 2.19 bits per heavy atom. The monoisotopic (exact) mass is 400 g/mol. The number of pyridine rings is 1. The SMILES string of the molecule is COc1ccc2c(c1)nc(-c1ccccc1)c1c2c2ccccc2n1-c1ccccc1. The molecule has 2 aromatic heterocycles. The molecule has 6 aromatic rings. The van der Waals surface area contributed by atoms with Crippen LogP contribution in [0.5, 0.6) is 5.75 Å². The molecule has 0 amide bonds. The maximum Gasteiger partial charge on any atom is 0.121 e. The summed E-state index contributed by atoms with van der Waals surface area (Å²) in [6.45, 7) is 0. The Kier molecular flexibility index (Phi) is 4.00. The number of nitrogens with zero attached hydrogens (tertiary/aromatic N) is 2. The Bertz CT molecular complexity index is 1550. The Morgan fingerprint density at radius 2 is 1.42 bits per heavy atom. The lowest BCUT2D eigenvalue weighted by Crippen LogP contribution is -1.97. The van der Waals surface area contributed by atoms with Crippen LogP contribution in [-0.2, 0) is 0 Å². The van der Waals surface area contributed by atoms with Crippen molar-refractivity contribution in [3.8, 4) is 22.7 Å². The van der Waals surface area contributed by atoms with Crippen LogP contribution in [-0.4, -0.2) is 16.7 Å². The molecule has 6 rings (SSSR count). The lowest BCUT2D eigenvalue weighted by molar-refractivity contribution is 0.415. The quantitative estimate of drug-likeness (QED) is 0.319. The Labute approximate surface area is 180 Å². The minimum atomic E-state index is 0.810. The van der Waals surface area contributed by atoms with Gasteiger partial charge in [-0.1, -0.05) is 66.7 Å². The Hall–Kier alpha value is -4.11. The molecular weight excluding hydrogens is 380 g/mol. The van der Waals surface area contributed by atoms with Gasteiger partial charge in [0.15, 0.2) is 0 Å². The number of fused-ring (bicyclic) bond motifs is 5. The van der Waals surface area contributed by atoms with E-state index in [-0.39, 0.29) is 0 Å². The first kappa shape index (κ1) is 17.7. The van der Waals surface area contributed by atoms with Crippen molar-refractivity contribution in [3.05, 3.63) is 103 Å². The summed E-state index contributed by atoms with van der Waals surface area (Å²) in [5.74, 6) is 0.810. The lowest BCUT2D eigenvalue weighted by atomic mass is 10.0. The zero-order valence-corrected chi connectivity index (χ0v) is 17.1. The number of ether oxygens (including phenoxy) is 1. The molecule has 148 valence electrons. The van der Waals surface area contributed by atoms with Gasteiger partial charge in [-0.3, -0.25) is 0 Å². The van der Waals surface area contributed by atoms with Crippen molar-refractivity contribution in [2.45, 2.75) is 0 Å². The van der Waals surface area contributed by atoms with Crippen molar-refractivity contribution < 1.29 is 4.74 Å². The van der Waals surface area contributed by atoms with E-state index in [0.717, 1.165) is 39.1 Å². The van der Waals surface area contributed by atoms with E-state index in [2.05, 4.69) is 89.5 Å². The number of aromatic nitrogens is 2. The second-order valence-electron chi connectivity index (χ2n) is 7.62. The van der Waals surface area contributed by atoms with Gasteiger partial charge in [0.1, 0.15) is 5.75 Å². The van der Waals surface area contributed by atoms with Crippen LogP contribution in [0.2, 0.25) is 0 Å². The molecule has 0 aliphatic heterocycles. The molecule has 3 heteroatoms. The molecule has 0 aliphatic rings. The molecule has 0 bridgehead atoms.